The van der Waals surface area contributed by atoms with Crippen molar-refractivity contribution in [3.8, 4) is 0 Å². The molecule has 0 saturated carbocycles. The van der Waals surface area contributed by atoms with Gasteiger partial charge in [0.15, 0.2) is 8.32 Å². The number of hydrogen-bond acceptors (Lipinski definition) is 1. The number of allylic oxidation sites excluding steroid dienone is 2. The third kappa shape index (κ3) is 5.35. The summed E-state index contributed by atoms with van der Waals surface area (Å²) in [5, 5.41) is 0.180. The third-order valence-electron chi connectivity index (χ3n) is 14.9. The summed E-state index contributed by atoms with van der Waals surface area (Å²) in [6, 6.07) is 0. The van der Waals surface area contributed by atoms with Crippen LogP contribution >= 0.6 is 0 Å². The summed E-state index contributed by atoms with van der Waals surface area (Å²) < 4.78 is 7.25. The zero-order valence-electron chi connectivity index (χ0n) is 30.4. The lowest BCUT2D eigenvalue weighted by Gasteiger charge is -2.70. The van der Waals surface area contributed by atoms with Crippen LogP contribution in [0.15, 0.2) is 11.1 Å². The summed E-state index contributed by atoms with van der Waals surface area (Å²) in [6.07, 6.45) is 0. The zero-order valence-corrected chi connectivity index (χ0v) is 31.4. The molecule has 0 aromatic rings. The topological polar surface area (TPSA) is 9.23 Å². The standard InChI is InChI=1S/C35H72OSi/c1-25(2)26(3)28(7,8)29(9,10)30(11,12)31(13,14)32(15,16)33(17,18)34(19,20)35(21,22)36-37(23,24)27(4,5)6/h1-24H3. The van der Waals surface area contributed by atoms with Gasteiger partial charge in [0, 0.05) is 0 Å². The molecule has 0 radical (unpaired) electrons. The monoisotopic (exact) mass is 537 g/mol. The second kappa shape index (κ2) is 9.78. The molecule has 0 fully saturated rings. The molecule has 0 saturated heterocycles. The van der Waals surface area contributed by atoms with E-state index in [4.69, 9.17) is 4.43 Å². The molecule has 0 atom stereocenters. The Labute approximate surface area is 237 Å². The quantitative estimate of drug-likeness (QED) is 0.199. The largest absolute Gasteiger partial charge is 0.411 e. The molecule has 0 aliphatic carbocycles. The van der Waals surface area contributed by atoms with Crippen LogP contribution in [0.25, 0.3) is 0 Å². The Morgan fingerprint density at radius 1 is 0.432 bits per heavy atom. The molecule has 222 valence electrons. The molecule has 0 N–H and O–H groups in total. The molecule has 0 aromatic heterocycles. The van der Waals surface area contributed by atoms with Gasteiger partial charge in [0.05, 0.1) is 5.60 Å². The minimum absolute atomic E-state index is 0.00666. The van der Waals surface area contributed by atoms with Gasteiger partial charge in [-0.3, -0.25) is 0 Å². The Kier molecular flexibility index (Phi) is 9.76. The summed E-state index contributed by atoms with van der Waals surface area (Å²) in [4.78, 5) is 0. The Hall–Kier alpha value is -0.0831. The first kappa shape index (κ1) is 36.9. The molecule has 0 rings (SSSR count). The van der Waals surface area contributed by atoms with Gasteiger partial charge >= 0.3 is 0 Å². The van der Waals surface area contributed by atoms with E-state index in [0.29, 0.717) is 0 Å². The summed E-state index contributed by atoms with van der Waals surface area (Å²) >= 11 is 0. The smallest absolute Gasteiger partial charge is 0.192 e. The minimum atomic E-state index is -1.95. The van der Waals surface area contributed by atoms with Crippen molar-refractivity contribution in [2.45, 2.75) is 176 Å². The van der Waals surface area contributed by atoms with Crippen molar-refractivity contribution in [3.63, 3.8) is 0 Å². The fourth-order valence-electron chi connectivity index (χ4n) is 6.67. The molecular weight excluding hydrogens is 464 g/mol. The maximum atomic E-state index is 7.25. The van der Waals surface area contributed by atoms with Crippen molar-refractivity contribution in [2.24, 2.45) is 37.9 Å². The van der Waals surface area contributed by atoms with E-state index >= 15 is 0 Å². The van der Waals surface area contributed by atoms with E-state index in [-0.39, 0.29) is 48.5 Å². The molecule has 0 aliphatic rings. The van der Waals surface area contributed by atoms with Crippen LogP contribution in [-0.2, 0) is 4.43 Å². The molecule has 2 heteroatoms. The van der Waals surface area contributed by atoms with E-state index in [0.717, 1.165) is 0 Å². The van der Waals surface area contributed by atoms with E-state index in [1.54, 1.807) is 0 Å². The third-order valence-corrected chi connectivity index (χ3v) is 19.5. The van der Waals surface area contributed by atoms with E-state index < -0.39 is 8.32 Å². The molecule has 0 aliphatic heterocycles. The van der Waals surface area contributed by atoms with Gasteiger partial charge in [-0.25, -0.2) is 0 Å². The normalized spacial score (nSPS) is 16.2. The molecular formula is C35H72OSi. The molecule has 0 heterocycles. The molecule has 0 aromatic carbocycles. The first-order valence-corrected chi connectivity index (χ1v) is 17.8. The molecule has 1 nitrogen and oxygen atoms in total. The molecule has 0 unspecified atom stereocenters. The van der Waals surface area contributed by atoms with Crippen LogP contribution in [0.3, 0.4) is 0 Å². The highest BCUT2D eigenvalue weighted by Gasteiger charge is 2.66. The summed E-state index contributed by atoms with van der Waals surface area (Å²) in [7, 11) is -1.95. The maximum Gasteiger partial charge on any atom is 0.192 e. The minimum Gasteiger partial charge on any atom is -0.411 e. The van der Waals surface area contributed by atoms with Crippen molar-refractivity contribution in [2.75, 3.05) is 0 Å². The van der Waals surface area contributed by atoms with Crippen molar-refractivity contribution in [3.05, 3.63) is 11.1 Å². The van der Waals surface area contributed by atoms with Gasteiger partial charge in [-0.15, -0.1) is 0 Å². The lowest BCUT2D eigenvalue weighted by atomic mass is 9.36. The van der Waals surface area contributed by atoms with Gasteiger partial charge in [-0.1, -0.05) is 129 Å². The first-order valence-electron chi connectivity index (χ1n) is 14.9. The zero-order chi connectivity index (χ0) is 30.9. The Bertz CT molecular complexity index is 844. The second-order valence-electron chi connectivity index (χ2n) is 18.4. The van der Waals surface area contributed by atoms with Crippen LogP contribution in [0, 0.1) is 37.9 Å². The summed E-state index contributed by atoms with van der Waals surface area (Å²) in [5.41, 5.74) is 2.72. The van der Waals surface area contributed by atoms with Gasteiger partial charge in [-0.2, -0.15) is 0 Å². The molecule has 0 amide bonds. The maximum absolute atomic E-state index is 7.25. The highest BCUT2D eigenvalue weighted by atomic mass is 28.4. The van der Waals surface area contributed by atoms with Gasteiger partial charge in [0.1, 0.15) is 0 Å². The second-order valence-corrected chi connectivity index (χ2v) is 23.1. The Morgan fingerprint density at radius 3 is 0.973 bits per heavy atom. The van der Waals surface area contributed by atoms with Crippen molar-refractivity contribution >= 4 is 8.32 Å². The van der Waals surface area contributed by atoms with Gasteiger partial charge in [0.25, 0.3) is 0 Å². The summed E-state index contributed by atoms with van der Waals surface area (Å²) in [6.45, 7) is 58.6. The van der Waals surface area contributed by atoms with Crippen LogP contribution in [0.4, 0.5) is 0 Å². The van der Waals surface area contributed by atoms with E-state index in [1.165, 1.54) is 11.1 Å². The SMILES string of the molecule is CC(C)=C(C)C(C)(C)C(C)(C)C(C)(C)C(C)(C)C(C)(C)C(C)(C)C(C)(C)C(C)(C)O[Si](C)(C)C(C)(C)C. The van der Waals surface area contributed by atoms with Crippen molar-refractivity contribution in [1.29, 1.82) is 0 Å². The van der Waals surface area contributed by atoms with E-state index in [2.05, 4.69) is 165 Å². The number of hydrogen-bond donors (Lipinski definition) is 0. The van der Waals surface area contributed by atoms with Crippen molar-refractivity contribution < 1.29 is 4.43 Å². The lowest BCUT2D eigenvalue weighted by Crippen LogP contribution is -2.65. The molecule has 0 spiro atoms. The number of rotatable bonds is 10. The van der Waals surface area contributed by atoms with Crippen LogP contribution < -0.4 is 0 Å². The van der Waals surface area contributed by atoms with Crippen molar-refractivity contribution in [1.82, 2.24) is 0 Å². The molecule has 0 bridgehead atoms. The van der Waals surface area contributed by atoms with Crippen LogP contribution in [0.1, 0.15) is 152 Å². The fourth-order valence-corrected chi connectivity index (χ4v) is 8.51. The highest BCUT2D eigenvalue weighted by molar-refractivity contribution is 6.74. The van der Waals surface area contributed by atoms with E-state index in [1.807, 2.05) is 0 Å². The van der Waals surface area contributed by atoms with E-state index in [9.17, 15) is 0 Å². The summed E-state index contributed by atoms with van der Waals surface area (Å²) in [5.74, 6) is 0. The average molecular weight is 537 g/mol. The average Bonchev–Trinajstić information content (AvgIpc) is 2.64. The Balaban J connectivity index is 7.01. The van der Waals surface area contributed by atoms with Gasteiger partial charge in [0.2, 0.25) is 0 Å². The predicted octanol–water partition coefficient (Wildman–Crippen LogP) is 12.3. The van der Waals surface area contributed by atoms with Crippen LogP contribution in [-0.4, -0.2) is 13.9 Å². The van der Waals surface area contributed by atoms with Gasteiger partial charge in [-0.05, 0) is 90.7 Å². The van der Waals surface area contributed by atoms with Crippen LogP contribution in [0.5, 0.6) is 0 Å². The molecule has 37 heavy (non-hydrogen) atoms. The predicted molar refractivity (Wildman–Crippen MR) is 173 cm³/mol. The lowest BCUT2D eigenvalue weighted by molar-refractivity contribution is -0.217. The highest BCUT2D eigenvalue weighted by Crippen LogP contribution is 2.71. The first-order chi connectivity index (χ1) is 15.6. The van der Waals surface area contributed by atoms with Gasteiger partial charge < -0.3 is 4.43 Å². The van der Waals surface area contributed by atoms with Crippen LogP contribution in [0.2, 0.25) is 18.1 Å². The fraction of sp³-hybridized carbons (Fsp3) is 0.943. The Morgan fingerprint density at radius 2 is 0.703 bits per heavy atom.